The highest BCUT2D eigenvalue weighted by molar-refractivity contribution is 6.01. The van der Waals surface area contributed by atoms with Crippen molar-refractivity contribution in [2.24, 2.45) is 0 Å². The third kappa shape index (κ3) is 2.87. The molecule has 3 heteroatoms. The van der Waals surface area contributed by atoms with Crippen LogP contribution in [0.15, 0.2) is 48.5 Å². The SMILES string of the molecule is N#Cc1ccccc1-c1ccccc1C(=O)NC1CCCC1. The fraction of sp³-hybridized carbons (Fsp3) is 0.263. The maximum Gasteiger partial charge on any atom is 0.252 e. The molecule has 0 aromatic heterocycles. The first kappa shape index (κ1) is 14.3. The van der Waals surface area contributed by atoms with Gasteiger partial charge in [0.1, 0.15) is 0 Å². The predicted octanol–water partition coefficient (Wildman–Crippen LogP) is 3.90. The summed E-state index contributed by atoms with van der Waals surface area (Å²) >= 11 is 0. The van der Waals surface area contributed by atoms with Crippen LogP contribution in [0.4, 0.5) is 0 Å². The standard InChI is InChI=1S/C19H18N2O/c20-13-14-7-1-4-10-16(14)17-11-5-6-12-18(17)19(22)21-15-8-2-3-9-15/h1,4-7,10-12,15H,2-3,8-9H2,(H,21,22). The van der Waals surface area contributed by atoms with E-state index in [0.717, 1.165) is 24.0 Å². The Bertz CT molecular complexity index is 724. The summed E-state index contributed by atoms with van der Waals surface area (Å²) in [6, 6.07) is 17.4. The molecule has 2 aromatic carbocycles. The van der Waals surface area contributed by atoms with Crippen LogP contribution in [-0.2, 0) is 0 Å². The molecule has 1 amide bonds. The molecule has 1 saturated carbocycles. The van der Waals surface area contributed by atoms with E-state index in [0.29, 0.717) is 11.1 Å². The Kier molecular flexibility index (Phi) is 4.20. The fourth-order valence-electron chi connectivity index (χ4n) is 3.06. The van der Waals surface area contributed by atoms with E-state index in [1.807, 2.05) is 42.5 Å². The number of benzene rings is 2. The summed E-state index contributed by atoms with van der Waals surface area (Å²) in [5.74, 6) is -0.0461. The van der Waals surface area contributed by atoms with Crippen molar-refractivity contribution >= 4 is 5.91 Å². The Labute approximate surface area is 130 Å². The van der Waals surface area contributed by atoms with E-state index in [1.54, 1.807) is 6.07 Å². The van der Waals surface area contributed by atoms with Crippen molar-refractivity contribution in [2.75, 3.05) is 0 Å². The lowest BCUT2D eigenvalue weighted by atomic mass is 9.95. The summed E-state index contributed by atoms with van der Waals surface area (Å²) in [6.45, 7) is 0. The van der Waals surface area contributed by atoms with Crippen LogP contribution in [0.3, 0.4) is 0 Å². The van der Waals surface area contributed by atoms with Gasteiger partial charge in [0.15, 0.2) is 0 Å². The number of carbonyl (C=O) groups excluding carboxylic acids is 1. The highest BCUT2D eigenvalue weighted by Crippen LogP contribution is 2.27. The molecule has 0 aliphatic heterocycles. The summed E-state index contributed by atoms with van der Waals surface area (Å²) < 4.78 is 0. The average molecular weight is 290 g/mol. The van der Waals surface area contributed by atoms with Gasteiger partial charge in [-0.25, -0.2) is 0 Å². The molecule has 1 fully saturated rings. The summed E-state index contributed by atoms with van der Waals surface area (Å²) in [5.41, 5.74) is 2.85. The van der Waals surface area contributed by atoms with Gasteiger partial charge in [-0.1, -0.05) is 49.2 Å². The smallest absolute Gasteiger partial charge is 0.252 e. The van der Waals surface area contributed by atoms with Gasteiger partial charge >= 0.3 is 0 Å². The van der Waals surface area contributed by atoms with Crippen molar-refractivity contribution in [3.63, 3.8) is 0 Å². The van der Waals surface area contributed by atoms with Gasteiger partial charge in [-0.3, -0.25) is 4.79 Å². The number of hydrogen-bond donors (Lipinski definition) is 1. The Morgan fingerprint density at radius 2 is 1.64 bits per heavy atom. The topological polar surface area (TPSA) is 52.9 Å². The number of amides is 1. The lowest BCUT2D eigenvalue weighted by Crippen LogP contribution is -2.32. The highest BCUT2D eigenvalue weighted by Gasteiger charge is 2.20. The Hall–Kier alpha value is -2.60. The van der Waals surface area contributed by atoms with E-state index in [2.05, 4.69) is 11.4 Å². The first-order valence-corrected chi connectivity index (χ1v) is 7.69. The van der Waals surface area contributed by atoms with Crippen LogP contribution < -0.4 is 5.32 Å². The second kappa shape index (κ2) is 6.44. The molecule has 0 saturated heterocycles. The largest absolute Gasteiger partial charge is 0.349 e. The van der Waals surface area contributed by atoms with Crippen molar-refractivity contribution in [3.05, 3.63) is 59.7 Å². The fourth-order valence-corrected chi connectivity index (χ4v) is 3.06. The Morgan fingerprint density at radius 3 is 2.36 bits per heavy atom. The summed E-state index contributed by atoms with van der Waals surface area (Å²) in [6.07, 6.45) is 4.49. The van der Waals surface area contributed by atoms with Gasteiger partial charge in [0, 0.05) is 17.2 Å². The zero-order valence-corrected chi connectivity index (χ0v) is 12.4. The first-order valence-electron chi connectivity index (χ1n) is 7.69. The van der Waals surface area contributed by atoms with Gasteiger partial charge in [-0.05, 0) is 30.5 Å². The number of carbonyl (C=O) groups is 1. The Balaban J connectivity index is 1.96. The number of nitrogens with one attached hydrogen (secondary N) is 1. The molecule has 3 nitrogen and oxygen atoms in total. The Morgan fingerprint density at radius 1 is 1.00 bits per heavy atom. The van der Waals surface area contributed by atoms with Crippen molar-refractivity contribution < 1.29 is 4.79 Å². The number of hydrogen-bond acceptors (Lipinski definition) is 2. The minimum Gasteiger partial charge on any atom is -0.349 e. The number of nitriles is 1. The monoisotopic (exact) mass is 290 g/mol. The molecular weight excluding hydrogens is 272 g/mol. The molecule has 0 heterocycles. The highest BCUT2D eigenvalue weighted by atomic mass is 16.1. The predicted molar refractivity (Wildman–Crippen MR) is 86.3 cm³/mol. The number of rotatable bonds is 3. The molecule has 0 bridgehead atoms. The molecule has 0 unspecified atom stereocenters. The molecule has 0 atom stereocenters. The minimum absolute atomic E-state index is 0.0461. The average Bonchev–Trinajstić information content (AvgIpc) is 3.07. The molecular formula is C19H18N2O. The van der Waals surface area contributed by atoms with Crippen molar-refractivity contribution in [3.8, 4) is 17.2 Å². The van der Waals surface area contributed by atoms with E-state index >= 15 is 0 Å². The van der Waals surface area contributed by atoms with E-state index in [9.17, 15) is 10.1 Å². The second-order valence-corrected chi connectivity index (χ2v) is 5.66. The molecule has 110 valence electrons. The molecule has 1 aliphatic carbocycles. The van der Waals surface area contributed by atoms with Gasteiger partial charge in [0.25, 0.3) is 5.91 Å². The van der Waals surface area contributed by atoms with Crippen LogP contribution in [0.5, 0.6) is 0 Å². The van der Waals surface area contributed by atoms with Crippen LogP contribution >= 0.6 is 0 Å². The van der Waals surface area contributed by atoms with Crippen molar-refractivity contribution in [1.29, 1.82) is 5.26 Å². The van der Waals surface area contributed by atoms with Crippen LogP contribution in [0.25, 0.3) is 11.1 Å². The van der Waals surface area contributed by atoms with E-state index in [4.69, 9.17) is 0 Å². The summed E-state index contributed by atoms with van der Waals surface area (Å²) in [5, 5.41) is 12.4. The normalized spacial score (nSPS) is 14.5. The van der Waals surface area contributed by atoms with Gasteiger partial charge in [0.2, 0.25) is 0 Å². The molecule has 22 heavy (non-hydrogen) atoms. The van der Waals surface area contributed by atoms with Crippen LogP contribution in [0.1, 0.15) is 41.6 Å². The van der Waals surface area contributed by atoms with Crippen molar-refractivity contribution in [2.45, 2.75) is 31.7 Å². The van der Waals surface area contributed by atoms with Gasteiger partial charge in [0.05, 0.1) is 11.6 Å². The lowest BCUT2D eigenvalue weighted by Gasteiger charge is -2.15. The lowest BCUT2D eigenvalue weighted by molar-refractivity contribution is 0.0938. The molecule has 1 aliphatic rings. The van der Waals surface area contributed by atoms with Gasteiger partial charge in [-0.2, -0.15) is 5.26 Å². The van der Waals surface area contributed by atoms with E-state index < -0.39 is 0 Å². The van der Waals surface area contributed by atoms with Crippen LogP contribution in [-0.4, -0.2) is 11.9 Å². The van der Waals surface area contributed by atoms with Gasteiger partial charge in [-0.15, -0.1) is 0 Å². The zero-order valence-electron chi connectivity index (χ0n) is 12.4. The quantitative estimate of drug-likeness (QED) is 0.932. The first-order chi connectivity index (χ1) is 10.8. The molecule has 0 radical (unpaired) electrons. The van der Waals surface area contributed by atoms with Crippen LogP contribution in [0, 0.1) is 11.3 Å². The van der Waals surface area contributed by atoms with E-state index in [-0.39, 0.29) is 11.9 Å². The molecule has 3 rings (SSSR count). The third-order valence-electron chi connectivity index (χ3n) is 4.20. The summed E-state index contributed by atoms with van der Waals surface area (Å²) in [4.78, 5) is 12.6. The maximum absolute atomic E-state index is 12.6. The minimum atomic E-state index is -0.0461. The molecule has 0 spiro atoms. The molecule has 1 N–H and O–H groups in total. The summed E-state index contributed by atoms with van der Waals surface area (Å²) in [7, 11) is 0. The number of nitrogens with zero attached hydrogens (tertiary/aromatic N) is 1. The van der Waals surface area contributed by atoms with E-state index in [1.165, 1.54) is 12.8 Å². The maximum atomic E-state index is 12.6. The van der Waals surface area contributed by atoms with Crippen LogP contribution in [0.2, 0.25) is 0 Å². The van der Waals surface area contributed by atoms with Gasteiger partial charge < -0.3 is 5.32 Å². The zero-order chi connectivity index (χ0) is 15.4. The third-order valence-corrected chi connectivity index (χ3v) is 4.20. The second-order valence-electron chi connectivity index (χ2n) is 5.66. The van der Waals surface area contributed by atoms with Crippen molar-refractivity contribution in [1.82, 2.24) is 5.32 Å². The molecule has 2 aromatic rings.